The third-order valence-electron chi connectivity index (χ3n) is 3.47. The third-order valence-corrected chi connectivity index (χ3v) is 3.47. The van der Waals surface area contributed by atoms with Gasteiger partial charge in [-0.05, 0) is 35.4 Å². The van der Waals surface area contributed by atoms with Crippen molar-refractivity contribution >= 4 is 0 Å². The quantitative estimate of drug-likeness (QED) is 0.911. The van der Waals surface area contributed by atoms with Crippen molar-refractivity contribution in [1.29, 1.82) is 0 Å². The minimum Gasteiger partial charge on any atom is -0.493 e. The zero-order valence-corrected chi connectivity index (χ0v) is 11.1. The van der Waals surface area contributed by atoms with Crippen molar-refractivity contribution in [1.82, 2.24) is 10.3 Å². The predicted octanol–water partition coefficient (Wildman–Crippen LogP) is 2.72. The van der Waals surface area contributed by atoms with Gasteiger partial charge in [0.15, 0.2) is 0 Å². The number of hydrogen-bond acceptors (Lipinski definition) is 3. The molecule has 19 heavy (non-hydrogen) atoms. The number of rotatable bonds is 4. The topological polar surface area (TPSA) is 34.2 Å². The van der Waals surface area contributed by atoms with Gasteiger partial charge in [-0.2, -0.15) is 0 Å². The minimum absolute atomic E-state index is 0.199. The van der Waals surface area contributed by atoms with Gasteiger partial charge in [-0.25, -0.2) is 0 Å². The summed E-state index contributed by atoms with van der Waals surface area (Å²) in [7, 11) is 0. The van der Waals surface area contributed by atoms with E-state index in [1.54, 1.807) is 0 Å². The number of pyridine rings is 1. The van der Waals surface area contributed by atoms with E-state index in [4.69, 9.17) is 4.74 Å². The van der Waals surface area contributed by atoms with Gasteiger partial charge in [0, 0.05) is 18.8 Å². The maximum Gasteiger partial charge on any atom is 0.122 e. The molecule has 0 unspecified atom stereocenters. The molecule has 0 radical (unpaired) electrons. The summed E-state index contributed by atoms with van der Waals surface area (Å²) < 4.78 is 5.57. The van der Waals surface area contributed by atoms with E-state index in [1.165, 1.54) is 16.7 Å². The van der Waals surface area contributed by atoms with Crippen molar-refractivity contribution in [2.75, 3.05) is 13.2 Å². The van der Waals surface area contributed by atoms with Crippen LogP contribution in [0.3, 0.4) is 0 Å². The van der Waals surface area contributed by atoms with Crippen LogP contribution in [0.4, 0.5) is 0 Å². The molecule has 3 rings (SSSR count). The summed E-state index contributed by atoms with van der Waals surface area (Å²) in [6.07, 6.45) is 4.75. The maximum absolute atomic E-state index is 5.57. The Bertz CT molecular complexity index is 554. The fourth-order valence-corrected chi connectivity index (χ4v) is 2.57. The summed E-state index contributed by atoms with van der Waals surface area (Å²) in [6.45, 7) is 3.85. The molecule has 3 nitrogen and oxygen atoms in total. The number of benzene rings is 1. The Labute approximate surface area is 113 Å². The maximum atomic E-state index is 5.57. The average molecular weight is 254 g/mol. The fourth-order valence-electron chi connectivity index (χ4n) is 2.57. The smallest absolute Gasteiger partial charge is 0.122 e. The second kappa shape index (κ2) is 5.41. The molecule has 0 amide bonds. The molecule has 1 aromatic carbocycles. The molecular formula is C16H18N2O. The molecule has 1 aromatic heterocycles. The molecule has 1 N–H and O–H groups in total. The Morgan fingerprint density at radius 2 is 2.26 bits per heavy atom. The molecule has 2 heterocycles. The van der Waals surface area contributed by atoms with Crippen molar-refractivity contribution < 1.29 is 4.74 Å². The number of hydrogen-bond donors (Lipinski definition) is 1. The summed E-state index contributed by atoms with van der Waals surface area (Å²) in [5.74, 6) is 1.03. The van der Waals surface area contributed by atoms with E-state index < -0.39 is 0 Å². The molecule has 0 fully saturated rings. The highest BCUT2D eigenvalue weighted by Crippen LogP contribution is 2.30. The van der Waals surface area contributed by atoms with E-state index in [0.717, 1.165) is 25.3 Å². The molecule has 3 heteroatoms. The molecule has 0 saturated carbocycles. The lowest BCUT2D eigenvalue weighted by Gasteiger charge is -2.19. The number of fused-ring (bicyclic) bond motifs is 1. The van der Waals surface area contributed by atoms with Crippen LogP contribution in [-0.4, -0.2) is 18.1 Å². The van der Waals surface area contributed by atoms with Crippen molar-refractivity contribution in [2.45, 2.75) is 19.4 Å². The normalized spacial score (nSPS) is 14.8. The summed E-state index contributed by atoms with van der Waals surface area (Å²) in [5.41, 5.74) is 3.78. The summed E-state index contributed by atoms with van der Waals surface area (Å²) in [4.78, 5) is 4.22. The van der Waals surface area contributed by atoms with Gasteiger partial charge in [0.05, 0.1) is 12.6 Å². The standard InChI is InChI=1S/C16H18N2O/c1-2-18-16(14-4-3-8-17-11-14)13-5-6-15-12(10-13)7-9-19-15/h3-6,8,10-11,16,18H,2,7,9H2,1H3/t16-/m0/s1. The third kappa shape index (κ3) is 2.47. The summed E-state index contributed by atoms with van der Waals surface area (Å²) >= 11 is 0. The second-order valence-corrected chi connectivity index (χ2v) is 4.74. The Balaban J connectivity index is 1.96. The predicted molar refractivity (Wildman–Crippen MR) is 75.4 cm³/mol. The Morgan fingerprint density at radius 1 is 1.32 bits per heavy atom. The Morgan fingerprint density at radius 3 is 3.05 bits per heavy atom. The first kappa shape index (κ1) is 12.2. The zero-order valence-electron chi connectivity index (χ0n) is 11.1. The van der Waals surface area contributed by atoms with Crippen molar-refractivity contribution in [2.24, 2.45) is 0 Å². The number of nitrogens with one attached hydrogen (secondary N) is 1. The SMILES string of the molecule is CCN[C@H](c1cccnc1)c1ccc2c(c1)CCO2. The minimum atomic E-state index is 0.199. The molecule has 1 atom stereocenters. The van der Waals surface area contributed by atoms with E-state index in [2.05, 4.69) is 41.5 Å². The van der Waals surface area contributed by atoms with Gasteiger partial charge in [0.2, 0.25) is 0 Å². The lowest BCUT2D eigenvalue weighted by Crippen LogP contribution is -2.22. The van der Waals surface area contributed by atoms with Crippen LogP contribution in [0.25, 0.3) is 0 Å². The molecular weight excluding hydrogens is 236 g/mol. The molecule has 98 valence electrons. The van der Waals surface area contributed by atoms with E-state index >= 15 is 0 Å². The van der Waals surface area contributed by atoms with E-state index in [0.29, 0.717) is 0 Å². The monoisotopic (exact) mass is 254 g/mol. The van der Waals surface area contributed by atoms with Crippen LogP contribution >= 0.6 is 0 Å². The van der Waals surface area contributed by atoms with E-state index in [1.807, 2.05) is 18.5 Å². The van der Waals surface area contributed by atoms with E-state index in [-0.39, 0.29) is 6.04 Å². The highest BCUT2D eigenvalue weighted by Gasteiger charge is 2.17. The van der Waals surface area contributed by atoms with Crippen molar-refractivity contribution in [3.63, 3.8) is 0 Å². The molecule has 0 bridgehead atoms. The van der Waals surface area contributed by atoms with Crippen LogP contribution in [0.1, 0.15) is 29.7 Å². The lowest BCUT2D eigenvalue weighted by atomic mass is 9.97. The average Bonchev–Trinajstić information content (AvgIpc) is 2.93. The first-order valence-corrected chi connectivity index (χ1v) is 6.77. The van der Waals surface area contributed by atoms with Gasteiger partial charge >= 0.3 is 0 Å². The molecule has 0 spiro atoms. The zero-order chi connectivity index (χ0) is 13.1. The van der Waals surface area contributed by atoms with Crippen LogP contribution in [0.15, 0.2) is 42.7 Å². The highest BCUT2D eigenvalue weighted by atomic mass is 16.5. The Kier molecular flexibility index (Phi) is 3.47. The second-order valence-electron chi connectivity index (χ2n) is 4.74. The van der Waals surface area contributed by atoms with Gasteiger partial charge in [-0.15, -0.1) is 0 Å². The van der Waals surface area contributed by atoms with Crippen LogP contribution in [0.5, 0.6) is 5.75 Å². The van der Waals surface area contributed by atoms with Gasteiger partial charge < -0.3 is 10.1 Å². The van der Waals surface area contributed by atoms with Crippen LogP contribution < -0.4 is 10.1 Å². The first-order valence-electron chi connectivity index (χ1n) is 6.77. The molecule has 1 aliphatic heterocycles. The van der Waals surface area contributed by atoms with Crippen LogP contribution in [0.2, 0.25) is 0 Å². The largest absolute Gasteiger partial charge is 0.493 e. The molecule has 0 aliphatic carbocycles. The van der Waals surface area contributed by atoms with Gasteiger partial charge in [-0.3, -0.25) is 4.98 Å². The summed E-state index contributed by atoms with van der Waals surface area (Å²) in [6, 6.07) is 10.8. The van der Waals surface area contributed by atoms with Gasteiger partial charge in [0.25, 0.3) is 0 Å². The van der Waals surface area contributed by atoms with Crippen molar-refractivity contribution in [3.8, 4) is 5.75 Å². The van der Waals surface area contributed by atoms with Gasteiger partial charge in [-0.1, -0.05) is 25.1 Å². The molecule has 1 aliphatic rings. The molecule has 0 saturated heterocycles. The number of nitrogens with zero attached hydrogens (tertiary/aromatic N) is 1. The summed E-state index contributed by atoms with van der Waals surface area (Å²) in [5, 5.41) is 3.53. The highest BCUT2D eigenvalue weighted by molar-refractivity contribution is 5.43. The number of aromatic nitrogens is 1. The fraction of sp³-hybridized carbons (Fsp3) is 0.312. The Hall–Kier alpha value is -1.87. The van der Waals surface area contributed by atoms with Crippen molar-refractivity contribution in [3.05, 3.63) is 59.4 Å². The molecule has 2 aromatic rings. The first-order chi connectivity index (χ1) is 9.38. The van der Waals surface area contributed by atoms with Crippen LogP contribution in [-0.2, 0) is 6.42 Å². The number of ether oxygens (including phenoxy) is 1. The lowest BCUT2D eigenvalue weighted by molar-refractivity contribution is 0.357. The van der Waals surface area contributed by atoms with Gasteiger partial charge in [0.1, 0.15) is 5.75 Å². The van der Waals surface area contributed by atoms with Crippen LogP contribution in [0, 0.1) is 0 Å². The van der Waals surface area contributed by atoms with E-state index in [9.17, 15) is 0 Å².